The van der Waals surface area contributed by atoms with Crippen molar-refractivity contribution >= 4 is 22.5 Å². The maximum atomic E-state index is 13.1. The van der Waals surface area contributed by atoms with Crippen LogP contribution in [0.4, 0.5) is 32.0 Å². The van der Waals surface area contributed by atoms with Crippen molar-refractivity contribution in [1.82, 2.24) is 4.98 Å². The number of halogens is 6. The van der Waals surface area contributed by atoms with E-state index in [0.29, 0.717) is 4.90 Å². The van der Waals surface area contributed by atoms with Crippen LogP contribution in [0.2, 0.25) is 0 Å². The first kappa shape index (κ1) is 17.3. The van der Waals surface area contributed by atoms with Gasteiger partial charge in [0, 0.05) is 17.6 Å². The van der Waals surface area contributed by atoms with E-state index < -0.39 is 41.9 Å². The monoisotopic (exact) mass is 364 g/mol. The molecule has 1 aromatic carbocycles. The Kier molecular flexibility index (Phi) is 3.81. The van der Waals surface area contributed by atoms with E-state index in [1.807, 2.05) is 0 Å². The molecule has 0 radical (unpaired) electrons. The number of carbonyl (C=O) groups excluding carboxylic acids is 1. The Labute approximate surface area is 137 Å². The average molecular weight is 364 g/mol. The number of ether oxygens (including phenoxy) is 1. The maximum absolute atomic E-state index is 13.1. The third-order valence-electron chi connectivity index (χ3n) is 3.67. The number of alkyl halides is 6. The smallest absolute Gasteiger partial charge is 0.417 e. The number of benzene rings is 1. The van der Waals surface area contributed by atoms with Crippen molar-refractivity contribution in [2.24, 2.45) is 0 Å². The summed E-state index contributed by atoms with van der Waals surface area (Å²) in [5, 5.41) is -0.410. The molecule has 10 heteroatoms. The third kappa shape index (κ3) is 3.20. The summed E-state index contributed by atoms with van der Waals surface area (Å²) in [6.07, 6.45) is -9.70. The lowest BCUT2D eigenvalue weighted by Gasteiger charge is -2.33. The standard InChI is InChI=1S/C15H10F6N2O2/c1-7-13(24)23(6-14(16,17)18)11-4-8-9(15(19,20)21)2-3-22-10(8)5-12(11)25-7/h2-5,7H,6H2,1H3. The van der Waals surface area contributed by atoms with Crippen molar-refractivity contribution in [3.05, 3.63) is 30.0 Å². The molecule has 4 nitrogen and oxygen atoms in total. The Balaban J connectivity index is 2.23. The van der Waals surface area contributed by atoms with E-state index >= 15 is 0 Å². The summed E-state index contributed by atoms with van der Waals surface area (Å²) < 4.78 is 83.0. The van der Waals surface area contributed by atoms with Crippen molar-refractivity contribution in [1.29, 1.82) is 0 Å². The SMILES string of the molecule is CC1Oc2cc3nccc(C(F)(F)F)c3cc2N(CC(F)(F)F)C1=O. The van der Waals surface area contributed by atoms with Crippen LogP contribution in [-0.2, 0) is 11.0 Å². The number of carbonyl (C=O) groups is 1. The first-order valence-corrected chi connectivity index (χ1v) is 7.02. The number of nitrogens with zero attached hydrogens (tertiary/aromatic N) is 2. The molecule has 1 amide bonds. The number of hydrogen-bond acceptors (Lipinski definition) is 3. The summed E-state index contributed by atoms with van der Waals surface area (Å²) in [5.41, 5.74) is -1.52. The second kappa shape index (κ2) is 5.50. The highest BCUT2D eigenvalue weighted by molar-refractivity contribution is 6.02. The normalized spacial score (nSPS) is 18.3. The quantitative estimate of drug-likeness (QED) is 0.720. The van der Waals surface area contributed by atoms with Gasteiger partial charge in [0.2, 0.25) is 0 Å². The van der Waals surface area contributed by atoms with Gasteiger partial charge in [-0.25, -0.2) is 0 Å². The van der Waals surface area contributed by atoms with Crippen LogP contribution in [0.1, 0.15) is 12.5 Å². The van der Waals surface area contributed by atoms with E-state index in [4.69, 9.17) is 4.74 Å². The number of hydrogen-bond donors (Lipinski definition) is 0. The fourth-order valence-electron chi connectivity index (χ4n) is 2.64. The predicted octanol–water partition coefficient (Wildman–Crippen LogP) is 3.93. The second-order valence-corrected chi connectivity index (χ2v) is 5.49. The van der Waals surface area contributed by atoms with Gasteiger partial charge in [0.05, 0.1) is 16.8 Å². The molecule has 1 aliphatic heterocycles. The molecule has 0 N–H and O–H groups in total. The molecule has 0 saturated heterocycles. The van der Waals surface area contributed by atoms with Gasteiger partial charge in [-0.3, -0.25) is 14.7 Å². The molecule has 0 aliphatic carbocycles. The molecule has 0 spiro atoms. The van der Waals surface area contributed by atoms with E-state index in [-0.39, 0.29) is 17.0 Å². The largest absolute Gasteiger partial charge is 0.479 e. The molecular formula is C15H10F6N2O2. The number of aromatic nitrogens is 1. The first-order chi connectivity index (χ1) is 11.5. The summed E-state index contributed by atoms with van der Waals surface area (Å²) in [6, 6.07) is 2.68. The number of pyridine rings is 1. The van der Waals surface area contributed by atoms with Gasteiger partial charge in [-0.15, -0.1) is 0 Å². The Morgan fingerprint density at radius 3 is 2.48 bits per heavy atom. The van der Waals surface area contributed by atoms with E-state index in [1.165, 1.54) is 6.92 Å². The minimum absolute atomic E-state index is 0.0953. The molecule has 1 atom stereocenters. The molecular weight excluding hydrogens is 354 g/mol. The Hall–Kier alpha value is -2.52. The lowest BCUT2D eigenvalue weighted by Crippen LogP contribution is -2.48. The minimum atomic E-state index is -4.73. The van der Waals surface area contributed by atoms with Crippen LogP contribution in [0.15, 0.2) is 24.4 Å². The summed E-state index contributed by atoms with van der Waals surface area (Å²) >= 11 is 0. The van der Waals surface area contributed by atoms with Gasteiger partial charge in [-0.2, -0.15) is 26.3 Å². The van der Waals surface area contributed by atoms with Gasteiger partial charge in [0.1, 0.15) is 12.3 Å². The Morgan fingerprint density at radius 1 is 1.20 bits per heavy atom. The van der Waals surface area contributed by atoms with Gasteiger partial charge in [-0.05, 0) is 19.1 Å². The molecule has 3 rings (SSSR count). The van der Waals surface area contributed by atoms with Crippen LogP contribution >= 0.6 is 0 Å². The molecule has 0 bridgehead atoms. The minimum Gasteiger partial charge on any atom is -0.479 e. The van der Waals surface area contributed by atoms with Crippen LogP contribution in [0.5, 0.6) is 5.75 Å². The fraction of sp³-hybridized carbons (Fsp3) is 0.333. The van der Waals surface area contributed by atoms with Gasteiger partial charge in [0.15, 0.2) is 6.10 Å². The Bertz CT molecular complexity index is 846. The lowest BCUT2D eigenvalue weighted by molar-refractivity contribution is -0.137. The second-order valence-electron chi connectivity index (χ2n) is 5.49. The summed E-state index contributed by atoms with van der Waals surface area (Å²) in [5.74, 6) is -1.11. The highest BCUT2D eigenvalue weighted by atomic mass is 19.4. The molecule has 134 valence electrons. The molecule has 1 aliphatic rings. The zero-order valence-corrected chi connectivity index (χ0v) is 12.6. The van der Waals surface area contributed by atoms with Crippen LogP contribution in [0.3, 0.4) is 0 Å². The topological polar surface area (TPSA) is 42.4 Å². The zero-order chi connectivity index (χ0) is 18.6. The lowest BCUT2D eigenvalue weighted by atomic mass is 10.1. The fourth-order valence-corrected chi connectivity index (χ4v) is 2.64. The zero-order valence-electron chi connectivity index (χ0n) is 12.6. The summed E-state index contributed by atoms with van der Waals surface area (Å²) in [6.45, 7) is -0.363. The van der Waals surface area contributed by atoms with Crippen molar-refractivity contribution in [3.63, 3.8) is 0 Å². The predicted molar refractivity (Wildman–Crippen MR) is 75.2 cm³/mol. The molecule has 2 aromatic rings. The van der Waals surface area contributed by atoms with Crippen LogP contribution in [0.25, 0.3) is 10.9 Å². The number of anilines is 1. The van der Waals surface area contributed by atoms with E-state index in [2.05, 4.69) is 4.98 Å². The van der Waals surface area contributed by atoms with Crippen LogP contribution < -0.4 is 9.64 Å². The van der Waals surface area contributed by atoms with Crippen molar-refractivity contribution in [2.45, 2.75) is 25.4 Å². The molecule has 0 fully saturated rings. The van der Waals surface area contributed by atoms with E-state index in [1.54, 1.807) is 0 Å². The van der Waals surface area contributed by atoms with E-state index in [9.17, 15) is 31.1 Å². The first-order valence-electron chi connectivity index (χ1n) is 7.02. The molecule has 1 unspecified atom stereocenters. The molecule has 25 heavy (non-hydrogen) atoms. The van der Waals surface area contributed by atoms with Gasteiger partial charge in [0.25, 0.3) is 5.91 Å². The van der Waals surface area contributed by atoms with Gasteiger partial charge < -0.3 is 4.74 Å². The van der Waals surface area contributed by atoms with Crippen molar-refractivity contribution in [3.8, 4) is 5.75 Å². The average Bonchev–Trinajstić information content (AvgIpc) is 2.47. The van der Waals surface area contributed by atoms with Crippen LogP contribution in [-0.4, -0.2) is 29.7 Å². The van der Waals surface area contributed by atoms with E-state index in [0.717, 1.165) is 24.4 Å². The molecule has 0 saturated carbocycles. The van der Waals surface area contributed by atoms with Crippen molar-refractivity contribution < 1.29 is 35.9 Å². The molecule has 1 aromatic heterocycles. The number of amides is 1. The van der Waals surface area contributed by atoms with Gasteiger partial charge in [-0.1, -0.05) is 0 Å². The van der Waals surface area contributed by atoms with Gasteiger partial charge >= 0.3 is 12.4 Å². The van der Waals surface area contributed by atoms with Crippen LogP contribution in [0, 0.1) is 0 Å². The highest BCUT2D eigenvalue weighted by Crippen LogP contribution is 2.42. The van der Waals surface area contributed by atoms with Crippen molar-refractivity contribution in [2.75, 3.05) is 11.4 Å². The number of rotatable bonds is 1. The summed E-state index contributed by atoms with van der Waals surface area (Å²) in [7, 11) is 0. The third-order valence-corrected chi connectivity index (χ3v) is 3.67. The summed E-state index contributed by atoms with van der Waals surface area (Å²) in [4.78, 5) is 16.2. The highest BCUT2D eigenvalue weighted by Gasteiger charge is 2.41. The Morgan fingerprint density at radius 2 is 1.88 bits per heavy atom. The molecule has 2 heterocycles. The number of fused-ring (bicyclic) bond motifs is 2. The maximum Gasteiger partial charge on any atom is 0.417 e.